The number of carbonyl (C=O) groups excluding carboxylic acids is 1. The van der Waals surface area contributed by atoms with Crippen LogP contribution in [-0.4, -0.2) is 66.4 Å². The Hall–Kier alpha value is -3.57. The number of nitriles is 1. The Labute approximate surface area is 181 Å². The molecule has 3 aromatic rings. The van der Waals surface area contributed by atoms with E-state index >= 15 is 0 Å². The Morgan fingerprint density at radius 3 is 2.87 bits per heavy atom. The van der Waals surface area contributed by atoms with Crippen molar-refractivity contribution >= 4 is 22.8 Å². The van der Waals surface area contributed by atoms with E-state index in [1.165, 1.54) is 4.57 Å². The summed E-state index contributed by atoms with van der Waals surface area (Å²) in [7, 11) is 2.06. The summed E-state index contributed by atoms with van der Waals surface area (Å²) in [5, 5.41) is 12.0. The number of nitrogens with zero attached hydrogens (tertiary/aromatic N) is 5. The van der Waals surface area contributed by atoms with Gasteiger partial charge in [0, 0.05) is 25.7 Å². The van der Waals surface area contributed by atoms with Gasteiger partial charge in [0.15, 0.2) is 0 Å². The van der Waals surface area contributed by atoms with Crippen LogP contribution < -0.4 is 15.0 Å². The normalized spacial score (nSPS) is 16.8. The first-order valence-corrected chi connectivity index (χ1v) is 10.4. The summed E-state index contributed by atoms with van der Waals surface area (Å²) >= 11 is 0. The summed E-state index contributed by atoms with van der Waals surface area (Å²) in [5.41, 5.74) is 2.54. The van der Waals surface area contributed by atoms with Crippen molar-refractivity contribution in [1.82, 2.24) is 19.8 Å². The number of imidazole rings is 1. The van der Waals surface area contributed by atoms with Gasteiger partial charge in [-0.2, -0.15) is 5.26 Å². The number of rotatable bonds is 6. The summed E-state index contributed by atoms with van der Waals surface area (Å²) in [5.74, 6) is 0.774. The molecule has 1 atom stereocenters. The number of hydrogen-bond acceptors (Lipinski definition) is 6. The van der Waals surface area contributed by atoms with Crippen molar-refractivity contribution in [3.05, 3.63) is 54.9 Å². The van der Waals surface area contributed by atoms with E-state index in [0.717, 1.165) is 42.1 Å². The number of piperazine rings is 1. The van der Waals surface area contributed by atoms with Crippen LogP contribution in [0, 0.1) is 11.3 Å². The van der Waals surface area contributed by atoms with Crippen molar-refractivity contribution in [1.29, 1.82) is 5.26 Å². The quantitative estimate of drug-likeness (QED) is 0.620. The van der Waals surface area contributed by atoms with Gasteiger partial charge in [0.25, 0.3) is 0 Å². The van der Waals surface area contributed by atoms with Crippen LogP contribution in [0.1, 0.15) is 6.42 Å². The first-order valence-electron chi connectivity index (χ1n) is 10.4. The molecule has 1 amide bonds. The van der Waals surface area contributed by atoms with Crippen LogP contribution in [0.3, 0.4) is 0 Å². The molecule has 0 spiro atoms. The van der Waals surface area contributed by atoms with Gasteiger partial charge in [-0.3, -0.25) is 9.47 Å². The zero-order chi connectivity index (χ0) is 21.6. The highest BCUT2D eigenvalue weighted by molar-refractivity contribution is 5.95. The molecule has 1 unspecified atom stereocenters. The van der Waals surface area contributed by atoms with Gasteiger partial charge in [-0.1, -0.05) is 24.3 Å². The maximum Gasteiger partial charge on any atom is 0.327 e. The van der Waals surface area contributed by atoms with E-state index in [4.69, 9.17) is 10.00 Å². The first-order chi connectivity index (χ1) is 15.2. The second kappa shape index (κ2) is 9.49. The van der Waals surface area contributed by atoms with Crippen LogP contribution in [0.2, 0.25) is 0 Å². The molecule has 4 rings (SSSR count). The van der Waals surface area contributed by atoms with Gasteiger partial charge in [0.05, 0.1) is 30.2 Å². The van der Waals surface area contributed by atoms with Crippen LogP contribution in [0.5, 0.6) is 5.75 Å². The van der Waals surface area contributed by atoms with Crippen LogP contribution in [0.15, 0.2) is 54.9 Å². The van der Waals surface area contributed by atoms with Crippen molar-refractivity contribution in [2.45, 2.75) is 12.5 Å². The molecule has 8 nitrogen and oxygen atoms in total. The molecule has 1 aliphatic heterocycles. The molecule has 0 saturated carbocycles. The Bertz CT molecular complexity index is 1070. The zero-order valence-electron chi connectivity index (χ0n) is 17.6. The van der Waals surface area contributed by atoms with Crippen LogP contribution in [0.25, 0.3) is 11.0 Å². The third-order valence-corrected chi connectivity index (χ3v) is 5.61. The monoisotopic (exact) mass is 418 g/mol. The highest BCUT2D eigenvalue weighted by Gasteiger charge is 2.26. The van der Waals surface area contributed by atoms with E-state index in [9.17, 15) is 4.79 Å². The molecule has 1 aromatic heterocycles. The fourth-order valence-electron chi connectivity index (χ4n) is 3.86. The molecular weight excluding hydrogens is 392 g/mol. The molecule has 1 aliphatic rings. The number of likely N-dealkylation sites (N-methyl/N-ethyl adjacent to an activating group) is 1. The van der Waals surface area contributed by atoms with E-state index in [1.54, 1.807) is 6.33 Å². The summed E-state index contributed by atoms with van der Waals surface area (Å²) in [4.78, 5) is 21.7. The van der Waals surface area contributed by atoms with E-state index in [1.807, 2.05) is 48.5 Å². The molecule has 160 valence electrons. The van der Waals surface area contributed by atoms with Gasteiger partial charge >= 0.3 is 6.03 Å². The Morgan fingerprint density at radius 1 is 1.23 bits per heavy atom. The lowest BCUT2D eigenvalue weighted by atomic mass is 10.1. The Morgan fingerprint density at radius 2 is 2.06 bits per heavy atom. The number of hydrogen-bond donors (Lipinski definition) is 1. The summed E-state index contributed by atoms with van der Waals surface area (Å²) in [6.07, 6.45) is 2.05. The average Bonchev–Trinajstić information content (AvgIpc) is 3.23. The van der Waals surface area contributed by atoms with Gasteiger partial charge in [-0.15, -0.1) is 0 Å². The summed E-state index contributed by atoms with van der Waals surface area (Å²) in [6, 6.07) is 17.6. The van der Waals surface area contributed by atoms with Gasteiger partial charge < -0.3 is 15.0 Å². The minimum atomic E-state index is -0.239. The van der Waals surface area contributed by atoms with Crippen molar-refractivity contribution in [3.8, 4) is 11.8 Å². The maximum atomic E-state index is 12.7. The minimum absolute atomic E-state index is 0.184. The van der Waals surface area contributed by atoms with Gasteiger partial charge in [0.1, 0.15) is 24.2 Å². The van der Waals surface area contributed by atoms with Crippen molar-refractivity contribution in [2.75, 3.05) is 44.7 Å². The molecule has 1 N–H and O–H groups in total. The average molecular weight is 419 g/mol. The second-order valence-corrected chi connectivity index (χ2v) is 7.60. The number of anilines is 1. The first kappa shape index (κ1) is 20.7. The van der Waals surface area contributed by atoms with Crippen LogP contribution in [-0.2, 0) is 0 Å². The minimum Gasteiger partial charge on any atom is -0.492 e. The highest BCUT2D eigenvalue weighted by atomic mass is 16.5. The number of benzene rings is 2. The van der Waals surface area contributed by atoms with E-state index in [-0.39, 0.29) is 12.1 Å². The summed E-state index contributed by atoms with van der Waals surface area (Å²) in [6.45, 7) is 3.27. The van der Waals surface area contributed by atoms with Crippen molar-refractivity contribution in [3.63, 3.8) is 0 Å². The Kier molecular flexibility index (Phi) is 6.34. The SMILES string of the molecule is CN1CCN(c2cccc3c2ncn3C(=O)NCCOc2ccccc2)CC1CC#N. The predicted molar refractivity (Wildman–Crippen MR) is 119 cm³/mol. The molecule has 1 fully saturated rings. The highest BCUT2D eigenvalue weighted by Crippen LogP contribution is 2.28. The number of aromatic nitrogens is 2. The Balaban J connectivity index is 1.43. The standard InChI is InChI=1S/C23H26N6O2/c1-27-13-14-28(16-18(27)10-11-24)20-8-5-9-21-22(20)26-17-29(21)23(30)25-12-15-31-19-6-3-2-4-7-19/h2-9,17-18H,10,12-16H2,1H3,(H,25,30). The van der Waals surface area contributed by atoms with Gasteiger partial charge in [-0.05, 0) is 31.3 Å². The molecule has 2 aromatic carbocycles. The lowest BCUT2D eigenvalue weighted by Crippen LogP contribution is -2.51. The third-order valence-electron chi connectivity index (χ3n) is 5.61. The van der Waals surface area contributed by atoms with Crippen LogP contribution in [0.4, 0.5) is 10.5 Å². The molecule has 31 heavy (non-hydrogen) atoms. The molecule has 8 heteroatoms. The predicted octanol–water partition coefficient (Wildman–Crippen LogP) is 2.71. The van der Waals surface area contributed by atoms with Gasteiger partial charge in [-0.25, -0.2) is 9.78 Å². The largest absolute Gasteiger partial charge is 0.492 e. The zero-order valence-corrected chi connectivity index (χ0v) is 17.6. The number of fused-ring (bicyclic) bond motifs is 1. The smallest absolute Gasteiger partial charge is 0.327 e. The number of nitrogens with one attached hydrogen (secondary N) is 1. The third kappa shape index (κ3) is 4.62. The molecule has 0 aliphatic carbocycles. The number of para-hydroxylation sites is 2. The van der Waals surface area contributed by atoms with Gasteiger partial charge in [0.2, 0.25) is 0 Å². The van der Waals surface area contributed by atoms with Crippen molar-refractivity contribution in [2.24, 2.45) is 0 Å². The van der Waals surface area contributed by atoms with E-state index < -0.39 is 0 Å². The number of carbonyl (C=O) groups is 1. The summed E-state index contributed by atoms with van der Waals surface area (Å²) < 4.78 is 7.16. The second-order valence-electron chi connectivity index (χ2n) is 7.60. The molecule has 0 radical (unpaired) electrons. The fraction of sp³-hybridized carbons (Fsp3) is 0.348. The molecular formula is C23H26N6O2. The number of amides is 1. The number of ether oxygens (including phenoxy) is 1. The molecule has 2 heterocycles. The fourth-order valence-corrected chi connectivity index (χ4v) is 3.86. The maximum absolute atomic E-state index is 12.7. The lowest BCUT2D eigenvalue weighted by molar-refractivity contribution is 0.221. The van der Waals surface area contributed by atoms with Crippen molar-refractivity contribution < 1.29 is 9.53 Å². The topological polar surface area (TPSA) is 86.4 Å². The van der Waals surface area contributed by atoms with E-state index in [0.29, 0.717) is 19.6 Å². The van der Waals surface area contributed by atoms with Crippen LogP contribution >= 0.6 is 0 Å². The van der Waals surface area contributed by atoms with E-state index in [2.05, 4.69) is 33.2 Å². The lowest BCUT2D eigenvalue weighted by Gasteiger charge is -2.39. The molecule has 0 bridgehead atoms. The molecule has 1 saturated heterocycles.